The van der Waals surface area contributed by atoms with Crippen LogP contribution in [0.1, 0.15) is 38.0 Å². The normalized spacial score (nSPS) is 14.8. The lowest BCUT2D eigenvalue weighted by Crippen LogP contribution is -2.36. The van der Waals surface area contributed by atoms with E-state index in [0.29, 0.717) is 5.92 Å². The second kappa shape index (κ2) is 8.40. The largest absolute Gasteiger partial charge is 0.387 e. The van der Waals surface area contributed by atoms with Crippen molar-refractivity contribution in [2.24, 2.45) is 5.92 Å². The van der Waals surface area contributed by atoms with Crippen molar-refractivity contribution in [1.82, 2.24) is 10.2 Å². The van der Waals surface area contributed by atoms with Gasteiger partial charge in [0, 0.05) is 19.1 Å². The van der Waals surface area contributed by atoms with Crippen molar-refractivity contribution < 1.29 is 5.11 Å². The fraction of sp³-hybridized carbons (Fsp3) is 0.647. The van der Waals surface area contributed by atoms with Gasteiger partial charge in [-0.15, -0.1) is 0 Å². The molecule has 0 heterocycles. The fourth-order valence-electron chi connectivity index (χ4n) is 2.24. The molecule has 1 aromatic rings. The van der Waals surface area contributed by atoms with Crippen molar-refractivity contribution in [1.29, 1.82) is 0 Å². The highest BCUT2D eigenvalue weighted by Gasteiger charge is 2.15. The first-order valence-corrected chi connectivity index (χ1v) is 7.55. The van der Waals surface area contributed by atoms with E-state index >= 15 is 0 Å². The van der Waals surface area contributed by atoms with Gasteiger partial charge in [0.1, 0.15) is 0 Å². The summed E-state index contributed by atoms with van der Waals surface area (Å²) in [5, 5.41) is 13.7. The molecule has 1 aromatic carbocycles. The molecule has 114 valence electrons. The van der Waals surface area contributed by atoms with Gasteiger partial charge in [0.15, 0.2) is 0 Å². The SMILES string of the molecule is CC(C)Cc1ccc(C(O)C(C)NCCN(C)C)cc1. The van der Waals surface area contributed by atoms with E-state index in [4.69, 9.17) is 0 Å². The van der Waals surface area contributed by atoms with Crippen LogP contribution in [0.4, 0.5) is 0 Å². The number of hydrogen-bond donors (Lipinski definition) is 2. The Morgan fingerprint density at radius 1 is 1.10 bits per heavy atom. The number of likely N-dealkylation sites (N-methyl/N-ethyl adjacent to an activating group) is 1. The fourth-order valence-corrected chi connectivity index (χ4v) is 2.24. The molecule has 0 spiro atoms. The number of rotatable bonds is 8. The highest BCUT2D eigenvalue weighted by atomic mass is 16.3. The lowest BCUT2D eigenvalue weighted by atomic mass is 9.98. The maximum Gasteiger partial charge on any atom is 0.0940 e. The molecular formula is C17H30N2O. The molecule has 0 aliphatic heterocycles. The van der Waals surface area contributed by atoms with Gasteiger partial charge in [-0.1, -0.05) is 38.1 Å². The maximum atomic E-state index is 10.4. The van der Waals surface area contributed by atoms with E-state index in [2.05, 4.69) is 50.3 Å². The van der Waals surface area contributed by atoms with Gasteiger partial charge >= 0.3 is 0 Å². The molecule has 3 heteroatoms. The lowest BCUT2D eigenvalue weighted by Gasteiger charge is -2.22. The van der Waals surface area contributed by atoms with Crippen LogP contribution in [-0.4, -0.2) is 43.2 Å². The Labute approximate surface area is 124 Å². The van der Waals surface area contributed by atoms with Crippen molar-refractivity contribution >= 4 is 0 Å². The predicted molar refractivity (Wildman–Crippen MR) is 86.0 cm³/mol. The van der Waals surface area contributed by atoms with Crippen LogP contribution in [0, 0.1) is 5.92 Å². The zero-order valence-corrected chi connectivity index (χ0v) is 13.6. The third-order valence-electron chi connectivity index (χ3n) is 3.46. The van der Waals surface area contributed by atoms with Crippen LogP contribution in [0.5, 0.6) is 0 Å². The molecule has 2 atom stereocenters. The number of aliphatic hydroxyl groups excluding tert-OH is 1. The van der Waals surface area contributed by atoms with Gasteiger partial charge in [-0.25, -0.2) is 0 Å². The first-order chi connectivity index (χ1) is 9.40. The number of aliphatic hydroxyl groups is 1. The van der Waals surface area contributed by atoms with Crippen molar-refractivity contribution in [2.45, 2.75) is 39.3 Å². The van der Waals surface area contributed by atoms with Crippen LogP contribution in [0.2, 0.25) is 0 Å². The quantitative estimate of drug-likeness (QED) is 0.767. The molecule has 0 aliphatic rings. The van der Waals surface area contributed by atoms with Crippen LogP contribution >= 0.6 is 0 Å². The average Bonchev–Trinajstić information content (AvgIpc) is 2.37. The molecule has 0 saturated carbocycles. The van der Waals surface area contributed by atoms with Crippen LogP contribution in [0.15, 0.2) is 24.3 Å². The average molecular weight is 278 g/mol. The summed E-state index contributed by atoms with van der Waals surface area (Å²) in [6.45, 7) is 8.34. The summed E-state index contributed by atoms with van der Waals surface area (Å²) >= 11 is 0. The summed E-state index contributed by atoms with van der Waals surface area (Å²) in [7, 11) is 4.10. The van der Waals surface area contributed by atoms with Crippen LogP contribution in [0.25, 0.3) is 0 Å². The van der Waals surface area contributed by atoms with Gasteiger partial charge in [-0.3, -0.25) is 0 Å². The van der Waals surface area contributed by atoms with E-state index in [-0.39, 0.29) is 6.04 Å². The Balaban J connectivity index is 2.51. The van der Waals surface area contributed by atoms with E-state index < -0.39 is 6.10 Å². The monoisotopic (exact) mass is 278 g/mol. The smallest absolute Gasteiger partial charge is 0.0940 e. The minimum atomic E-state index is -0.453. The Bertz CT molecular complexity index is 373. The molecule has 3 nitrogen and oxygen atoms in total. The zero-order valence-electron chi connectivity index (χ0n) is 13.6. The predicted octanol–water partition coefficient (Wildman–Crippen LogP) is 2.46. The van der Waals surface area contributed by atoms with E-state index in [1.165, 1.54) is 5.56 Å². The molecule has 0 bridgehead atoms. The van der Waals surface area contributed by atoms with Gasteiger partial charge in [0.25, 0.3) is 0 Å². The Hall–Kier alpha value is -0.900. The summed E-state index contributed by atoms with van der Waals surface area (Å²) in [5.41, 5.74) is 2.33. The van der Waals surface area contributed by atoms with E-state index in [1.807, 2.05) is 19.1 Å². The van der Waals surface area contributed by atoms with Gasteiger partial charge < -0.3 is 15.3 Å². The molecule has 20 heavy (non-hydrogen) atoms. The number of nitrogens with one attached hydrogen (secondary N) is 1. The lowest BCUT2D eigenvalue weighted by molar-refractivity contribution is 0.135. The third-order valence-corrected chi connectivity index (χ3v) is 3.46. The topological polar surface area (TPSA) is 35.5 Å². The number of hydrogen-bond acceptors (Lipinski definition) is 3. The molecule has 0 fully saturated rings. The first-order valence-electron chi connectivity index (χ1n) is 7.55. The van der Waals surface area contributed by atoms with Crippen LogP contribution in [-0.2, 0) is 6.42 Å². The summed E-state index contributed by atoms with van der Waals surface area (Å²) in [6, 6.07) is 8.42. The Morgan fingerprint density at radius 2 is 1.70 bits per heavy atom. The summed E-state index contributed by atoms with van der Waals surface area (Å²) in [5.74, 6) is 0.664. The summed E-state index contributed by atoms with van der Waals surface area (Å²) in [6.07, 6.45) is 0.637. The standard InChI is InChI=1S/C17H30N2O/c1-13(2)12-15-6-8-16(9-7-15)17(20)14(3)18-10-11-19(4)5/h6-9,13-14,17-18,20H,10-12H2,1-5H3. The minimum absolute atomic E-state index is 0.0610. The number of benzene rings is 1. The van der Waals surface area contributed by atoms with Crippen LogP contribution in [0.3, 0.4) is 0 Å². The van der Waals surface area contributed by atoms with E-state index in [0.717, 1.165) is 25.1 Å². The molecule has 0 radical (unpaired) electrons. The van der Waals surface area contributed by atoms with E-state index in [9.17, 15) is 5.11 Å². The van der Waals surface area contributed by atoms with Crippen LogP contribution < -0.4 is 5.32 Å². The van der Waals surface area contributed by atoms with Crippen molar-refractivity contribution in [3.8, 4) is 0 Å². The molecule has 0 aromatic heterocycles. The highest BCUT2D eigenvalue weighted by molar-refractivity contribution is 5.25. The van der Waals surface area contributed by atoms with Gasteiger partial charge in [-0.05, 0) is 44.5 Å². The molecular weight excluding hydrogens is 248 g/mol. The highest BCUT2D eigenvalue weighted by Crippen LogP contribution is 2.18. The van der Waals surface area contributed by atoms with Crippen molar-refractivity contribution in [3.63, 3.8) is 0 Å². The summed E-state index contributed by atoms with van der Waals surface area (Å²) in [4.78, 5) is 2.13. The zero-order chi connectivity index (χ0) is 15.1. The second-order valence-electron chi connectivity index (χ2n) is 6.33. The Morgan fingerprint density at radius 3 is 2.20 bits per heavy atom. The first kappa shape index (κ1) is 17.2. The molecule has 0 amide bonds. The number of nitrogens with zero attached hydrogens (tertiary/aromatic N) is 1. The molecule has 1 rings (SSSR count). The van der Waals surface area contributed by atoms with Crippen molar-refractivity contribution in [2.75, 3.05) is 27.2 Å². The molecule has 2 unspecified atom stereocenters. The molecule has 0 aliphatic carbocycles. The minimum Gasteiger partial charge on any atom is -0.387 e. The van der Waals surface area contributed by atoms with Gasteiger partial charge in [-0.2, -0.15) is 0 Å². The molecule has 2 N–H and O–H groups in total. The van der Waals surface area contributed by atoms with Crippen molar-refractivity contribution in [3.05, 3.63) is 35.4 Å². The second-order valence-corrected chi connectivity index (χ2v) is 6.33. The maximum absolute atomic E-state index is 10.4. The molecule has 0 saturated heterocycles. The van der Waals surface area contributed by atoms with Gasteiger partial charge in [0.05, 0.1) is 6.10 Å². The van der Waals surface area contributed by atoms with Gasteiger partial charge in [0.2, 0.25) is 0 Å². The van der Waals surface area contributed by atoms with E-state index in [1.54, 1.807) is 0 Å². The summed E-state index contributed by atoms with van der Waals surface area (Å²) < 4.78 is 0. The Kier molecular flexibility index (Phi) is 7.20. The third kappa shape index (κ3) is 6.04.